The number of hydrogen-bond acceptors (Lipinski definition) is 12. The maximum Gasteiger partial charge on any atom is 0.316 e. The Morgan fingerprint density at radius 1 is 1.00 bits per heavy atom. The molecule has 1 aromatic carbocycles. The summed E-state index contributed by atoms with van der Waals surface area (Å²) >= 11 is 9.50. The van der Waals surface area contributed by atoms with Gasteiger partial charge in [-0.1, -0.05) is 30.2 Å². The highest BCUT2D eigenvalue weighted by Crippen LogP contribution is 2.37. The Kier molecular flexibility index (Phi) is 18.0. The van der Waals surface area contributed by atoms with Crippen LogP contribution in [0.1, 0.15) is 84.6 Å². The number of fused-ring (bicyclic) bond motifs is 1. The number of rotatable bonds is 26. The summed E-state index contributed by atoms with van der Waals surface area (Å²) in [7, 11) is 1.83. The summed E-state index contributed by atoms with van der Waals surface area (Å²) in [5.74, 6) is 2.32. The Hall–Kier alpha value is -3.58. The number of carbonyl (C=O) groups is 3. The predicted octanol–water partition coefficient (Wildman–Crippen LogP) is 5.06. The van der Waals surface area contributed by atoms with E-state index in [9.17, 15) is 14.4 Å². The van der Waals surface area contributed by atoms with E-state index in [0.717, 1.165) is 63.9 Å². The third-order valence-electron chi connectivity index (χ3n) is 10.6. The van der Waals surface area contributed by atoms with Gasteiger partial charge in [-0.15, -0.1) is 21.5 Å². The zero-order valence-corrected chi connectivity index (χ0v) is 37.1. The van der Waals surface area contributed by atoms with Gasteiger partial charge >= 0.3 is 6.03 Å². The number of carbonyl (C=O) groups excluding carboxylic acids is 3. The van der Waals surface area contributed by atoms with Crippen LogP contribution in [0, 0.1) is 26.2 Å². The van der Waals surface area contributed by atoms with E-state index in [2.05, 4.69) is 33.1 Å². The number of nitrogens with two attached hydrogens (primary N) is 1. The first-order valence-corrected chi connectivity index (χ1v) is 22.7. The normalized spacial score (nSPS) is 18.4. The monoisotopic (exact) mass is 873 g/mol. The van der Waals surface area contributed by atoms with Crippen molar-refractivity contribution in [3.8, 4) is 5.00 Å². The fourth-order valence-corrected chi connectivity index (χ4v) is 10.1. The molecule has 2 aliphatic rings. The quantitative estimate of drug-likeness (QED) is 0.0413. The molecule has 5 rings (SSSR count). The SMILES string of the molecule is Cc1sc(-n2c(C)nnc2CCCC(=O)NCCCOCCOCCOCCCN(C)C(=O)CCCCC2SCC3(N)NC(=O)NC23)c(C(=N)c2ccc(Cl)cc2)c1C. The van der Waals surface area contributed by atoms with Crippen LogP contribution < -0.4 is 21.7 Å². The summed E-state index contributed by atoms with van der Waals surface area (Å²) in [5.41, 5.74) is 8.76. The summed E-state index contributed by atoms with van der Waals surface area (Å²) in [6.45, 7) is 10.1. The van der Waals surface area contributed by atoms with E-state index in [-0.39, 0.29) is 29.1 Å². The molecule has 3 atom stereocenters. The number of unbranched alkanes of at least 4 members (excludes halogenated alkanes) is 1. The van der Waals surface area contributed by atoms with Crippen molar-refractivity contribution in [1.82, 2.24) is 35.6 Å². The number of nitrogens with one attached hydrogen (secondary N) is 4. The van der Waals surface area contributed by atoms with E-state index < -0.39 is 5.66 Å². The van der Waals surface area contributed by atoms with Crippen molar-refractivity contribution in [2.75, 3.05) is 65.5 Å². The van der Waals surface area contributed by atoms with Crippen LogP contribution in [0.15, 0.2) is 24.3 Å². The number of thiophene rings is 1. The Bertz CT molecular complexity index is 1880. The van der Waals surface area contributed by atoms with Crippen LogP contribution in [0.25, 0.3) is 5.00 Å². The number of aromatic nitrogens is 3. The lowest BCUT2D eigenvalue weighted by Crippen LogP contribution is -2.58. The van der Waals surface area contributed by atoms with E-state index in [1.165, 1.54) is 0 Å². The van der Waals surface area contributed by atoms with Crippen LogP contribution in [0.4, 0.5) is 4.79 Å². The van der Waals surface area contributed by atoms with Crippen molar-refractivity contribution in [3.05, 3.63) is 62.5 Å². The van der Waals surface area contributed by atoms with Gasteiger partial charge in [-0.2, -0.15) is 11.8 Å². The zero-order chi connectivity index (χ0) is 42.4. The summed E-state index contributed by atoms with van der Waals surface area (Å²) in [6.07, 6.45) is 6.18. The molecule has 4 heterocycles. The minimum Gasteiger partial charge on any atom is -0.379 e. The number of nitrogens with zero attached hydrogens (tertiary/aromatic N) is 4. The van der Waals surface area contributed by atoms with Crippen LogP contribution in [0.5, 0.6) is 0 Å². The van der Waals surface area contributed by atoms with Gasteiger partial charge in [0, 0.05) is 84.6 Å². The van der Waals surface area contributed by atoms with Gasteiger partial charge in [0.1, 0.15) is 22.3 Å². The van der Waals surface area contributed by atoms with E-state index in [4.69, 9.17) is 37.0 Å². The second-order valence-corrected chi connectivity index (χ2v) is 18.0. The lowest BCUT2D eigenvalue weighted by molar-refractivity contribution is -0.130. The Balaban J connectivity index is 0.839. The van der Waals surface area contributed by atoms with Crippen LogP contribution in [0.3, 0.4) is 0 Å². The minimum absolute atomic E-state index is 0.0169. The van der Waals surface area contributed by atoms with Gasteiger partial charge in [0.05, 0.1) is 38.2 Å². The summed E-state index contributed by atoms with van der Waals surface area (Å²) in [5, 5.41) is 28.4. The number of halogens is 1. The van der Waals surface area contributed by atoms with Crippen molar-refractivity contribution < 1.29 is 28.6 Å². The highest BCUT2D eigenvalue weighted by atomic mass is 35.5. The maximum atomic E-state index is 12.6. The lowest BCUT2D eigenvalue weighted by Gasteiger charge is -2.23. The highest BCUT2D eigenvalue weighted by molar-refractivity contribution is 8.00. The molecule has 0 radical (unpaired) electrons. The number of urea groups is 1. The molecule has 2 fully saturated rings. The number of thioether (sulfide) groups is 1. The molecule has 0 bridgehead atoms. The first-order valence-electron chi connectivity index (χ1n) is 20.5. The third-order valence-corrected chi connectivity index (χ3v) is 13.6. The molecular weight excluding hydrogens is 814 g/mol. The molecule has 0 spiro atoms. The van der Waals surface area contributed by atoms with E-state index in [1.54, 1.807) is 40.1 Å². The number of hydrogen-bond donors (Lipinski definition) is 5. The first kappa shape index (κ1) is 46.5. The van der Waals surface area contributed by atoms with Crippen molar-refractivity contribution in [2.24, 2.45) is 5.73 Å². The standard InChI is InChI=1S/C41H60ClN9O6S2/c1-27-28(2)59-39(36(27)37(43)30-14-16-31(42)17-15-30)51-29(3)48-49-33(51)11-7-12-34(52)45-18-8-20-55-22-24-57-25-23-56-21-9-19-50(4)35(53)13-6-5-10-32-38-41(44,26-58-32)47-40(54)46-38/h14-17,32,38,43H,5-13,18-26,44H2,1-4H3,(H,45,52)(H2,46,47,54). The Morgan fingerprint density at radius 2 is 1.69 bits per heavy atom. The summed E-state index contributed by atoms with van der Waals surface area (Å²) in [4.78, 5) is 39.6. The lowest BCUT2D eigenvalue weighted by atomic mass is 9.98. The van der Waals surface area contributed by atoms with Crippen LogP contribution in [-0.4, -0.2) is 126 Å². The maximum absolute atomic E-state index is 12.6. The molecule has 0 saturated carbocycles. The van der Waals surface area contributed by atoms with Crippen molar-refractivity contribution in [2.45, 2.75) is 95.5 Å². The van der Waals surface area contributed by atoms with Gasteiger partial charge in [-0.05, 0) is 70.6 Å². The first-order chi connectivity index (χ1) is 28.4. The van der Waals surface area contributed by atoms with Gasteiger partial charge < -0.3 is 40.8 Å². The second kappa shape index (κ2) is 22.9. The van der Waals surface area contributed by atoms with Gasteiger partial charge in [0.2, 0.25) is 11.8 Å². The van der Waals surface area contributed by atoms with Gasteiger partial charge in [-0.25, -0.2) is 4.79 Å². The van der Waals surface area contributed by atoms with Crippen molar-refractivity contribution >= 4 is 58.3 Å². The fraction of sp³-hybridized carbons (Fsp3) is 0.610. The van der Waals surface area contributed by atoms with Crippen LogP contribution in [-0.2, 0) is 30.2 Å². The van der Waals surface area contributed by atoms with Crippen LogP contribution in [0.2, 0.25) is 5.02 Å². The fourth-order valence-electron chi connectivity index (χ4n) is 7.17. The Labute approximate surface area is 360 Å². The molecule has 3 unspecified atom stereocenters. The Morgan fingerprint density at radius 3 is 2.42 bits per heavy atom. The number of amides is 4. The predicted molar refractivity (Wildman–Crippen MR) is 233 cm³/mol. The largest absolute Gasteiger partial charge is 0.379 e. The van der Waals surface area contributed by atoms with Crippen LogP contribution >= 0.6 is 34.7 Å². The summed E-state index contributed by atoms with van der Waals surface area (Å²) < 4.78 is 18.9. The summed E-state index contributed by atoms with van der Waals surface area (Å²) in [6, 6.07) is 7.06. The number of benzene rings is 1. The molecule has 0 aliphatic carbocycles. The molecule has 18 heteroatoms. The van der Waals surface area contributed by atoms with Gasteiger partial charge in [0.15, 0.2) is 0 Å². The zero-order valence-electron chi connectivity index (χ0n) is 34.7. The molecule has 2 aromatic heterocycles. The highest BCUT2D eigenvalue weighted by Gasteiger charge is 2.52. The topological polar surface area (TPSA) is 199 Å². The molecule has 3 aromatic rings. The smallest absolute Gasteiger partial charge is 0.316 e. The molecule has 15 nitrogen and oxygen atoms in total. The van der Waals surface area contributed by atoms with E-state index >= 15 is 0 Å². The molecule has 2 aliphatic heterocycles. The molecule has 2 saturated heterocycles. The average Bonchev–Trinajstić information content (AvgIpc) is 3.91. The third kappa shape index (κ3) is 13.2. The van der Waals surface area contributed by atoms with Crippen molar-refractivity contribution in [1.29, 1.82) is 5.41 Å². The van der Waals surface area contributed by atoms with Gasteiger partial charge in [-0.3, -0.25) is 19.6 Å². The minimum atomic E-state index is -0.657. The van der Waals surface area contributed by atoms with Gasteiger partial charge in [0.25, 0.3) is 0 Å². The average molecular weight is 875 g/mol. The molecule has 4 amide bonds. The molecule has 6 N–H and O–H groups in total. The van der Waals surface area contributed by atoms with E-state index in [0.29, 0.717) is 101 Å². The number of ether oxygens (including phenoxy) is 3. The van der Waals surface area contributed by atoms with E-state index in [1.807, 2.05) is 37.6 Å². The molecular formula is C41H60ClN9O6S2. The number of aryl methyl sites for hydroxylation is 3. The van der Waals surface area contributed by atoms with Crippen molar-refractivity contribution in [3.63, 3.8) is 0 Å². The second-order valence-electron chi connectivity index (χ2n) is 15.1. The molecule has 324 valence electrons. The molecule has 59 heavy (non-hydrogen) atoms.